The Morgan fingerprint density at radius 3 is 3.05 bits per heavy atom. The van der Waals surface area contributed by atoms with Crippen LogP contribution in [-0.2, 0) is 22.6 Å². The van der Waals surface area contributed by atoms with Crippen LogP contribution in [0, 0.1) is 12.8 Å². The van der Waals surface area contributed by atoms with Gasteiger partial charge in [-0.25, -0.2) is 0 Å². The fourth-order valence-electron chi connectivity index (χ4n) is 3.06. The first-order valence-corrected chi connectivity index (χ1v) is 6.99. The van der Waals surface area contributed by atoms with E-state index < -0.39 is 0 Å². The molecule has 0 aliphatic carbocycles. The summed E-state index contributed by atoms with van der Waals surface area (Å²) in [6, 6.07) is 0. The number of carbonyl (C=O) groups excluding carboxylic acids is 1. The lowest BCUT2D eigenvalue weighted by atomic mass is 9.97. The molecule has 0 N–H and O–H groups in total. The Labute approximate surface area is 112 Å². The van der Waals surface area contributed by atoms with E-state index in [4.69, 9.17) is 4.74 Å². The molecule has 2 aliphatic heterocycles. The monoisotopic (exact) mass is 264 g/mol. The lowest BCUT2D eigenvalue weighted by Gasteiger charge is -2.30. The molecule has 0 unspecified atom stereocenters. The van der Waals surface area contributed by atoms with Crippen molar-refractivity contribution in [3.63, 3.8) is 0 Å². The highest BCUT2D eigenvalue weighted by atomic mass is 16.5. The van der Waals surface area contributed by atoms with Crippen LogP contribution in [0.5, 0.6) is 0 Å². The third-order valence-electron chi connectivity index (χ3n) is 4.18. The number of fused-ring (bicyclic) bond motifs is 1. The van der Waals surface area contributed by atoms with Gasteiger partial charge >= 0.3 is 0 Å². The van der Waals surface area contributed by atoms with E-state index in [2.05, 4.69) is 21.7 Å². The molecule has 1 saturated heterocycles. The molecule has 1 amide bonds. The highest BCUT2D eigenvalue weighted by Gasteiger charge is 2.36. The normalized spacial score (nSPS) is 26.5. The molecule has 0 spiro atoms. The Hall–Kier alpha value is -1.43. The van der Waals surface area contributed by atoms with Crippen LogP contribution in [0.1, 0.15) is 31.4 Å². The average molecular weight is 264 g/mol. The average Bonchev–Trinajstić information content (AvgIpc) is 3.04. The molecular formula is C13H20N4O2. The molecule has 1 aromatic heterocycles. The van der Waals surface area contributed by atoms with Gasteiger partial charge in [-0.1, -0.05) is 6.92 Å². The van der Waals surface area contributed by atoms with E-state index in [9.17, 15) is 4.79 Å². The molecule has 2 aliphatic rings. The number of hydrogen-bond acceptors (Lipinski definition) is 4. The predicted octanol–water partition coefficient (Wildman–Crippen LogP) is 0.744. The van der Waals surface area contributed by atoms with Gasteiger partial charge in [-0.2, -0.15) is 0 Å². The van der Waals surface area contributed by atoms with E-state index >= 15 is 0 Å². The Morgan fingerprint density at radius 1 is 1.42 bits per heavy atom. The summed E-state index contributed by atoms with van der Waals surface area (Å²) in [5.74, 6) is 2.07. The van der Waals surface area contributed by atoms with Gasteiger partial charge < -0.3 is 14.2 Å². The maximum atomic E-state index is 12.6. The Morgan fingerprint density at radius 2 is 2.26 bits per heavy atom. The summed E-state index contributed by atoms with van der Waals surface area (Å²) in [5, 5.41) is 8.21. The minimum Gasteiger partial charge on any atom is -0.377 e. The van der Waals surface area contributed by atoms with Crippen molar-refractivity contribution < 1.29 is 9.53 Å². The quantitative estimate of drug-likeness (QED) is 0.790. The molecule has 0 saturated carbocycles. The SMILES string of the molecule is CC[C@@H]1OCC[C@H]1C(=O)N1CCn2c(C)nnc2C1. The third kappa shape index (κ3) is 2.14. The van der Waals surface area contributed by atoms with Gasteiger partial charge in [0.25, 0.3) is 0 Å². The summed E-state index contributed by atoms with van der Waals surface area (Å²) in [6.07, 6.45) is 1.84. The summed E-state index contributed by atoms with van der Waals surface area (Å²) in [7, 11) is 0. The van der Waals surface area contributed by atoms with Gasteiger partial charge in [-0.3, -0.25) is 4.79 Å². The minimum atomic E-state index is 0.0283. The highest BCUT2D eigenvalue weighted by molar-refractivity contribution is 5.79. The molecule has 0 bridgehead atoms. The molecule has 3 heterocycles. The van der Waals surface area contributed by atoms with E-state index in [-0.39, 0.29) is 17.9 Å². The van der Waals surface area contributed by atoms with Gasteiger partial charge in [0.2, 0.25) is 5.91 Å². The van der Waals surface area contributed by atoms with E-state index in [1.165, 1.54) is 0 Å². The Kier molecular flexibility index (Phi) is 3.26. The van der Waals surface area contributed by atoms with Gasteiger partial charge in [0.05, 0.1) is 18.6 Å². The summed E-state index contributed by atoms with van der Waals surface area (Å²) in [4.78, 5) is 14.5. The largest absolute Gasteiger partial charge is 0.377 e. The fourth-order valence-corrected chi connectivity index (χ4v) is 3.06. The van der Waals surface area contributed by atoms with E-state index in [0.717, 1.165) is 37.6 Å². The van der Waals surface area contributed by atoms with E-state index in [1.54, 1.807) is 0 Å². The number of aromatic nitrogens is 3. The Bertz CT molecular complexity index is 485. The first-order chi connectivity index (χ1) is 9.20. The zero-order valence-corrected chi connectivity index (χ0v) is 11.5. The molecule has 1 aromatic rings. The van der Waals surface area contributed by atoms with Crippen molar-refractivity contribution in [1.82, 2.24) is 19.7 Å². The lowest BCUT2D eigenvalue weighted by Crippen LogP contribution is -2.43. The van der Waals surface area contributed by atoms with Crippen molar-refractivity contribution in [2.75, 3.05) is 13.2 Å². The standard InChI is InChI=1S/C13H20N4O2/c1-3-11-10(4-7-19-11)13(18)16-5-6-17-9(2)14-15-12(17)8-16/h10-11H,3-8H2,1-2H3/t10-,11+/m1/s1. The third-order valence-corrected chi connectivity index (χ3v) is 4.18. The maximum absolute atomic E-state index is 12.6. The first kappa shape index (κ1) is 12.6. The van der Waals surface area contributed by atoms with Crippen molar-refractivity contribution in [2.45, 2.75) is 45.9 Å². The van der Waals surface area contributed by atoms with Crippen LogP contribution in [0.4, 0.5) is 0 Å². The molecular weight excluding hydrogens is 244 g/mol. The number of nitrogens with zero attached hydrogens (tertiary/aromatic N) is 4. The van der Waals surface area contributed by atoms with Gasteiger partial charge in [0.1, 0.15) is 5.82 Å². The molecule has 6 heteroatoms. The number of aryl methyl sites for hydroxylation is 1. The van der Waals surface area contributed by atoms with Crippen molar-refractivity contribution >= 4 is 5.91 Å². The summed E-state index contributed by atoms with van der Waals surface area (Å²) >= 11 is 0. The van der Waals surface area contributed by atoms with Gasteiger partial charge in [-0.15, -0.1) is 10.2 Å². The van der Waals surface area contributed by atoms with Gasteiger partial charge in [0.15, 0.2) is 5.82 Å². The van der Waals surface area contributed by atoms with Crippen molar-refractivity contribution in [1.29, 1.82) is 0 Å². The number of ether oxygens (including phenoxy) is 1. The van der Waals surface area contributed by atoms with Crippen molar-refractivity contribution in [2.24, 2.45) is 5.92 Å². The van der Waals surface area contributed by atoms with Crippen LogP contribution < -0.4 is 0 Å². The number of amides is 1. The second-order valence-electron chi connectivity index (χ2n) is 5.29. The second-order valence-corrected chi connectivity index (χ2v) is 5.29. The lowest BCUT2D eigenvalue weighted by molar-refractivity contribution is -0.138. The van der Waals surface area contributed by atoms with Crippen LogP contribution in [0.2, 0.25) is 0 Å². The summed E-state index contributed by atoms with van der Waals surface area (Å²) in [5.41, 5.74) is 0. The zero-order chi connectivity index (χ0) is 13.4. The maximum Gasteiger partial charge on any atom is 0.228 e. The molecule has 1 fully saturated rings. The topological polar surface area (TPSA) is 60.2 Å². The molecule has 6 nitrogen and oxygen atoms in total. The van der Waals surface area contributed by atoms with Crippen molar-refractivity contribution in [3.8, 4) is 0 Å². The number of hydrogen-bond donors (Lipinski definition) is 0. The predicted molar refractivity (Wildman–Crippen MR) is 68.3 cm³/mol. The van der Waals surface area contributed by atoms with Crippen LogP contribution in [0.15, 0.2) is 0 Å². The molecule has 0 aromatic carbocycles. The minimum absolute atomic E-state index is 0.0283. The van der Waals surface area contributed by atoms with E-state index in [0.29, 0.717) is 13.2 Å². The van der Waals surface area contributed by atoms with Gasteiger partial charge in [-0.05, 0) is 19.8 Å². The summed E-state index contributed by atoms with van der Waals surface area (Å²) < 4.78 is 7.71. The molecule has 104 valence electrons. The van der Waals surface area contributed by atoms with Crippen LogP contribution in [-0.4, -0.2) is 44.8 Å². The van der Waals surface area contributed by atoms with Crippen molar-refractivity contribution in [3.05, 3.63) is 11.6 Å². The van der Waals surface area contributed by atoms with Crippen LogP contribution >= 0.6 is 0 Å². The van der Waals surface area contributed by atoms with Gasteiger partial charge in [0, 0.05) is 19.7 Å². The summed E-state index contributed by atoms with van der Waals surface area (Å²) in [6.45, 7) is 6.85. The van der Waals surface area contributed by atoms with Crippen LogP contribution in [0.25, 0.3) is 0 Å². The first-order valence-electron chi connectivity index (χ1n) is 6.99. The smallest absolute Gasteiger partial charge is 0.228 e. The fraction of sp³-hybridized carbons (Fsp3) is 0.769. The molecule has 0 radical (unpaired) electrons. The van der Waals surface area contributed by atoms with E-state index in [1.807, 2.05) is 11.8 Å². The molecule has 19 heavy (non-hydrogen) atoms. The highest BCUT2D eigenvalue weighted by Crippen LogP contribution is 2.26. The second kappa shape index (κ2) is 4.92. The number of carbonyl (C=O) groups is 1. The number of rotatable bonds is 2. The molecule has 3 rings (SSSR count). The molecule has 2 atom stereocenters. The Balaban J connectivity index is 1.72. The zero-order valence-electron chi connectivity index (χ0n) is 11.5. The van der Waals surface area contributed by atoms with Crippen LogP contribution in [0.3, 0.4) is 0 Å².